The third kappa shape index (κ3) is 4.63. The molecule has 0 radical (unpaired) electrons. The molecule has 0 saturated carbocycles. The van der Waals surface area contributed by atoms with Crippen LogP contribution in [0.15, 0.2) is 78.9 Å². The van der Waals surface area contributed by atoms with Crippen LogP contribution in [0.2, 0.25) is 5.02 Å². The normalized spacial score (nSPS) is 19.1. The van der Waals surface area contributed by atoms with Crippen molar-refractivity contribution in [1.82, 2.24) is 9.80 Å². The second-order valence-corrected chi connectivity index (χ2v) is 8.81. The first kappa shape index (κ1) is 22.7. The van der Waals surface area contributed by atoms with Gasteiger partial charge in [-0.05, 0) is 36.1 Å². The Morgan fingerprint density at radius 2 is 1.56 bits per heavy atom. The van der Waals surface area contributed by atoms with E-state index in [0.717, 1.165) is 49.3 Å². The fourth-order valence-electron chi connectivity index (χ4n) is 4.87. The summed E-state index contributed by atoms with van der Waals surface area (Å²) in [6.07, 6.45) is 1.93. The number of rotatable bonds is 4. The molecule has 32 heavy (non-hydrogen) atoms. The predicted octanol–water partition coefficient (Wildman–Crippen LogP) is 6.36. The van der Waals surface area contributed by atoms with Gasteiger partial charge in [0.05, 0.1) is 6.04 Å². The molecule has 1 atom stereocenters. The van der Waals surface area contributed by atoms with Crippen LogP contribution in [0.25, 0.3) is 0 Å². The average molecular weight is 468 g/mol. The zero-order valence-electron chi connectivity index (χ0n) is 17.8. The van der Waals surface area contributed by atoms with Crippen LogP contribution in [-0.4, -0.2) is 35.0 Å². The quantitative estimate of drug-likeness (QED) is 0.484. The molecule has 1 fully saturated rings. The zero-order valence-corrected chi connectivity index (χ0v) is 19.4. The summed E-state index contributed by atoms with van der Waals surface area (Å²) in [4.78, 5) is 17.8. The number of amides is 2. The van der Waals surface area contributed by atoms with Crippen LogP contribution in [0, 0.1) is 0 Å². The van der Waals surface area contributed by atoms with Crippen molar-refractivity contribution in [1.29, 1.82) is 0 Å². The second-order valence-electron chi connectivity index (χ2n) is 8.38. The Hall–Kier alpha value is -2.53. The van der Waals surface area contributed by atoms with Crippen molar-refractivity contribution in [3.8, 4) is 0 Å². The van der Waals surface area contributed by atoms with Crippen molar-refractivity contribution in [3.05, 3.63) is 101 Å². The minimum atomic E-state index is -0.104. The number of piperidine rings is 1. The molecule has 0 spiro atoms. The van der Waals surface area contributed by atoms with Gasteiger partial charge < -0.3 is 10.2 Å². The summed E-state index contributed by atoms with van der Waals surface area (Å²) in [5, 5.41) is 3.72. The van der Waals surface area contributed by atoms with E-state index in [9.17, 15) is 4.79 Å². The van der Waals surface area contributed by atoms with E-state index in [2.05, 4.69) is 57.6 Å². The Labute approximate surface area is 200 Å². The molecular weight excluding hydrogens is 441 g/mol. The maximum atomic E-state index is 13.3. The highest BCUT2D eigenvalue weighted by Crippen LogP contribution is 2.41. The van der Waals surface area contributed by atoms with Crippen LogP contribution >= 0.6 is 24.0 Å². The van der Waals surface area contributed by atoms with Gasteiger partial charge in [-0.2, -0.15) is 0 Å². The summed E-state index contributed by atoms with van der Waals surface area (Å²) in [6.45, 7) is 2.93. The predicted molar refractivity (Wildman–Crippen MR) is 133 cm³/mol. The molecule has 2 amide bonds. The van der Waals surface area contributed by atoms with Crippen molar-refractivity contribution in [2.24, 2.45) is 0 Å². The van der Waals surface area contributed by atoms with Gasteiger partial charge in [-0.15, -0.1) is 12.4 Å². The number of carbonyl (C=O) groups is 1. The van der Waals surface area contributed by atoms with E-state index in [-0.39, 0.29) is 30.5 Å². The summed E-state index contributed by atoms with van der Waals surface area (Å²) < 4.78 is 0. The molecule has 3 aromatic rings. The van der Waals surface area contributed by atoms with Crippen LogP contribution in [0.3, 0.4) is 0 Å². The maximum Gasteiger partial charge on any atom is 0.322 e. The minimum absolute atomic E-state index is 0. The molecule has 1 N–H and O–H groups in total. The van der Waals surface area contributed by atoms with Gasteiger partial charge in [0, 0.05) is 41.9 Å². The number of nitrogens with zero attached hydrogens (tertiary/aromatic N) is 2. The molecular formula is C26H27Cl2N3O. The number of nitrogens with one attached hydrogen (secondary N) is 1. The van der Waals surface area contributed by atoms with Crippen LogP contribution in [0.1, 0.15) is 35.6 Å². The van der Waals surface area contributed by atoms with E-state index in [1.54, 1.807) is 0 Å². The molecule has 2 aliphatic heterocycles. The Bertz CT molecular complexity index is 1050. The highest BCUT2D eigenvalue weighted by atomic mass is 35.5. The maximum absolute atomic E-state index is 13.3. The molecule has 0 bridgehead atoms. The van der Waals surface area contributed by atoms with E-state index >= 15 is 0 Å². The minimum Gasteiger partial charge on any atom is -0.310 e. The zero-order chi connectivity index (χ0) is 21.2. The van der Waals surface area contributed by atoms with E-state index in [4.69, 9.17) is 11.6 Å². The summed E-state index contributed by atoms with van der Waals surface area (Å²) in [7, 11) is 0. The average Bonchev–Trinajstić information content (AvgIpc) is 2.80. The molecule has 1 unspecified atom stereocenters. The van der Waals surface area contributed by atoms with E-state index in [1.807, 2.05) is 36.4 Å². The number of hydrogen-bond acceptors (Lipinski definition) is 2. The fraction of sp³-hybridized carbons (Fsp3) is 0.269. The van der Waals surface area contributed by atoms with Crippen molar-refractivity contribution in [2.75, 3.05) is 18.4 Å². The number of halogens is 2. The van der Waals surface area contributed by atoms with Gasteiger partial charge in [-0.25, -0.2) is 4.79 Å². The van der Waals surface area contributed by atoms with Crippen LogP contribution in [0.4, 0.5) is 10.5 Å². The Balaban J connectivity index is 0.00000245. The van der Waals surface area contributed by atoms with Crippen molar-refractivity contribution in [3.63, 3.8) is 0 Å². The van der Waals surface area contributed by atoms with Gasteiger partial charge in [0.15, 0.2) is 0 Å². The first-order valence-corrected chi connectivity index (χ1v) is 11.3. The topological polar surface area (TPSA) is 35.6 Å². The molecule has 5 rings (SSSR count). The van der Waals surface area contributed by atoms with Crippen molar-refractivity contribution >= 4 is 35.7 Å². The smallest absolute Gasteiger partial charge is 0.310 e. The molecule has 0 aliphatic carbocycles. The largest absolute Gasteiger partial charge is 0.322 e. The summed E-state index contributed by atoms with van der Waals surface area (Å²) in [6, 6.07) is 26.8. The van der Waals surface area contributed by atoms with Crippen molar-refractivity contribution in [2.45, 2.75) is 31.5 Å². The molecule has 3 aromatic carbocycles. The standard InChI is InChI=1S/C26H26ClN3O.ClH/c27-21-11-12-23-24(17-21)28-26(31)30(25(23)20-9-5-2-6-10-20)22-13-15-29(16-14-22)18-19-7-3-1-4-8-19;/h1-12,17,22,25H,13-16,18H2,(H,28,31);1H. The number of likely N-dealkylation sites (tertiary alicyclic amines) is 1. The number of fused-ring (bicyclic) bond motifs is 1. The first-order chi connectivity index (χ1) is 15.2. The monoisotopic (exact) mass is 467 g/mol. The summed E-state index contributed by atoms with van der Waals surface area (Å²) in [5.41, 5.74) is 4.38. The number of carbonyl (C=O) groups excluding carboxylic acids is 1. The lowest BCUT2D eigenvalue weighted by Crippen LogP contribution is -2.52. The summed E-state index contributed by atoms with van der Waals surface area (Å²) in [5.74, 6) is 0. The molecule has 4 nitrogen and oxygen atoms in total. The number of hydrogen-bond donors (Lipinski definition) is 1. The lowest BCUT2D eigenvalue weighted by atomic mass is 9.90. The van der Waals surface area contributed by atoms with Crippen molar-refractivity contribution < 1.29 is 4.79 Å². The Morgan fingerprint density at radius 3 is 2.25 bits per heavy atom. The summed E-state index contributed by atoms with van der Waals surface area (Å²) >= 11 is 6.22. The van der Waals surface area contributed by atoms with Gasteiger partial charge in [0.2, 0.25) is 0 Å². The van der Waals surface area contributed by atoms with Crippen LogP contribution < -0.4 is 5.32 Å². The molecule has 0 aromatic heterocycles. The highest BCUT2D eigenvalue weighted by molar-refractivity contribution is 6.31. The van der Waals surface area contributed by atoms with E-state index in [0.29, 0.717) is 5.02 Å². The van der Waals surface area contributed by atoms with Gasteiger partial charge in [-0.3, -0.25) is 4.90 Å². The van der Waals surface area contributed by atoms with Crippen LogP contribution in [-0.2, 0) is 6.54 Å². The van der Waals surface area contributed by atoms with Gasteiger partial charge in [-0.1, -0.05) is 78.3 Å². The lowest BCUT2D eigenvalue weighted by Gasteiger charge is -2.45. The highest BCUT2D eigenvalue weighted by Gasteiger charge is 2.39. The molecule has 2 heterocycles. The lowest BCUT2D eigenvalue weighted by molar-refractivity contribution is 0.106. The van der Waals surface area contributed by atoms with Gasteiger partial charge in [0.1, 0.15) is 0 Å². The molecule has 6 heteroatoms. The fourth-order valence-corrected chi connectivity index (χ4v) is 5.04. The third-order valence-electron chi connectivity index (χ3n) is 6.38. The Morgan fingerprint density at radius 1 is 0.906 bits per heavy atom. The molecule has 1 saturated heterocycles. The van der Waals surface area contributed by atoms with Crippen LogP contribution in [0.5, 0.6) is 0 Å². The number of anilines is 1. The molecule has 2 aliphatic rings. The van der Waals surface area contributed by atoms with Gasteiger partial charge >= 0.3 is 6.03 Å². The second kappa shape index (κ2) is 9.95. The number of urea groups is 1. The first-order valence-electron chi connectivity index (χ1n) is 10.9. The van der Waals surface area contributed by atoms with E-state index < -0.39 is 0 Å². The number of benzene rings is 3. The third-order valence-corrected chi connectivity index (χ3v) is 6.61. The SMILES string of the molecule is Cl.O=C1Nc2cc(Cl)ccc2C(c2ccccc2)N1C1CCN(Cc2ccccc2)CC1. The Kier molecular flexibility index (Phi) is 7.04. The molecule has 166 valence electrons. The van der Waals surface area contributed by atoms with Gasteiger partial charge in [0.25, 0.3) is 0 Å². The van der Waals surface area contributed by atoms with E-state index in [1.165, 1.54) is 5.56 Å².